The first-order valence-corrected chi connectivity index (χ1v) is 41.1. The molecular formula is C108H68N16. The van der Waals surface area contributed by atoms with Crippen LogP contribution in [0.1, 0.15) is 0 Å². The van der Waals surface area contributed by atoms with E-state index in [0.717, 1.165) is 154 Å². The van der Waals surface area contributed by atoms with Crippen molar-refractivity contribution in [3.05, 3.63) is 413 Å². The zero-order valence-corrected chi connectivity index (χ0v) is 66.4. The molecule has 16 nitrogen and oxygen atoms in total. The van der Waals surface area contributed by atoms with Crippen molar-refractivity contribution in [2.75, 3.05) is 0 Å². The summed E-state index contributed by atoms with van der Waals surface area (Å²) in [6, 6.07) is 141. The van der Waals surface area contributed by atoms with Gasteiger partial charge in [-0.3, -0.25) is 18.3 Å². The first-order chi connectivity index (χ1) is 61.5. The van der Waals surface area contributed by atoms with Crippen LogP contribution in [0.4, 0.5) is 0 Å². The van der Waals surface area contributed by atoms with E-state index in [1.165, 1.54) is 0 Å². The number of fused-ring (bicyclic) bond motifs is 12. The molecule has 124 heavy (non-hydrogen) atoms. The minimum Gasteiger partial charge on any atom is -0.278 e. The van der Waals surface area contributed by atoms with E-state index in [1.54, 1.807) is 0 Å². The van der Waals surface area contributed by atoms with Gasteiger partial charge in [-0.05, 0) is 76.9 Å². The largest absolute Gasteiger partial charge is 0.278 e. The highest BCUT2D eigenvalue weighted by atomic mass is 15.2. The standard InChI is InChI=1S/2C54H34N8/c1-5-18-35(19-6-1)49-55-50(36-20-7-2-8-21-36)58-53(57-49)61-45-30-16-14-27-43(45)48-40(28-17-31-46(48)61)39-32-33-42-41-26-13-15-29-44(41)62(47(42)34-39)54-59-51(37-22-9-3-10-23-37)56-52(60-54)38-24-11-4-12-25-38;1-5-17-35(18-6-1)49-55-50(36-19-7-2-8-20-36)58-53(57-49)61-46-28-16-14-26-42(46)44-33-39(30-32-47(44)61)40-29-31-43-41-25-13-15-27-45(41)62(48(43)34-40)54-59-51(37-21-9-3-10-22-37)56-52(60-54)38-23-11-4-12-24-38/h2*1-34H. The molecule has 0 aliphatic carbocycles. The van der Waals surface area contributed by atoms with Gasteiger partial charge in [0.05, 0.1) is 44.1 Å². The maximum atomic E-state index is 5.18. The van der Waals surface area contributed by atoms with Gasteiger partial charge in [-0.2, -0.15) is 39.9 Å². The number of aromatic nitrogens is 16. The van der Waals surface area contributed by atoms with Crippen LogP contribution in [-0.2, 0) is 0 Å². The second kappa shape index (κ2) is 30.6. The summed E-state index contributed by atoms with van der Waals surface area (Å²) < 4.78 is 8.69. The van der Waals surface area contributed by atoms with Crippen LogP contribution in [0.3, 0.4) is 0 Å². The number of rotatable bonds is 14. The molecule has 16 aromatic carbocycles. The molecule has 0 saturated heterocycles. The maximum absolute atomic E-state index is 5.18. The molecule has 0 amide bonds. The number of hydrogen-bond donors (Lipinski definition) is 0. The molecule has 0 radical (unpaired) electrons. The summed E-state index contributed by atoms with van der Waals surface area (Å²) in [6.07, 6.45) is 0. The van der Waals surface area contributed by atoms with Gasteiger partial charge in [0.1, 0.15) is 0 Å². The number of benzene rings is 16. The van der Waals surface area contributed by atoms with E-state index in [4.69, 9.17) is 59.8 Å². The van der Waals surface area contributed by atoms with Gasteiger partial charge in [0.15, 0.2) is 46.6 Å². The maximum Gasteiger partial charge on any atom is 0.238 e. The lowest BCUT2D eigenvalue weighted by molar-refractivity contribution is 0.953. The number of nitrogens with zero attached hydrogens (tertiary/aromatic N) is 16. The van der Waals surface area contributed by atoms with Gasteiger partial charge in [0, 0.05) is 87.6 Å². The topological polar surface area (TPSA) is 174 Å². The Morgan fingerprint density at radius 1 is 0.129 bits per heavy atom. The average Bonchev–Trinajstić information content (AvgIpc) is 1.57. The van der Waals surface area contributed by atoms with Crippen molar-refractivity contribution in [3.63, 3.8) is 0 Å². The molecule has 0 N–H and O–H groups in total. The average molecular weight is 1590 g/mol. The van der Waals surface area contributed by atoms with E-state index >= 15 is 0 Å². The molecule has 24 rings (SSSR count). The number of hydrogen-bond acceptors (Lipinski definition) is 12. The Morgan fingerprint density at radius 3 is 0.694 bits per heavy atom. The zero-order chi connectivity index (χ0) is 82.0. The highest BCUT2D eigenvalue weighted by Gasteiger charge is 2.26. The van der Waals surface area contributed by atoms with Crippen LogP contribution in [0, 0.1) is 0 Å². The first kappa shape index (κ1) is 72.0. The fraction of sp³-hybridized carbons (Fsp3) is 0. The van der Waals surface area contributed by atoms with Gasteiger partial charge in [0.25, 0.3) is 0 Å². The Bertz CT molecular complexity index is 7980. The molecule has 0 unspecified atom stereocenters. The second-order valence-electron chi connectivity index (χ2n) is 30.4. The van der Waals surface area contributed by atoms with E-state index in [0.29, 0.717) is 70.4 Å². The molecule has 580 valence electrons. The van der Waals surface area contributed by atoms with E-state index < -0.39 is 0 Å². The normalized spacial score (nSPS) is 11.5. The molecule has 16 heteroatoms. The minimum atomic E-state index is 0.550. The lowest BCUT2D eigenvalue weighted by atomic mass is 9.98. The van der Waals surface area contributed by atoms with Crippen molar-refractivity contribution in [1.82, 2.24) is 78.1 Å². The quantitative estimate of drug-likeness (QED) is 0.101. The van der Waals surface area contributed by atoms with Gasteiger partial charge < -0.3 is 0 Å². The predicted molar refractivity (Wildman–Crippen MR) is 498 cm³/mol. The zero-order valence-electron chi connectivity index (χ0n) is 66.4. The Balaban J connectivity index is 0.000000143. The molecule has 0 aliphatic heterocycles. The van der Waals surface area contributed by atoms with Crippen LogP contribution in [0.5, 0.6) is 0 Å². The van der Waals surface area contributed by atoms with Crippen LogP contribution in [-0.4, -0.2) is 78.1 Å². The van der Waals surface area contributed by atoms with Crippen molar-refractivity contribution >= 4 is 87.2 Å². The van der Waals surface area contributed by atoms with Crippen molar-refractivity contribution in [2.45, 2.75) is 0 Å². The predicted octanol–water partition coefficient (Wildman–Crippen LogP) is 25.2. The molecule has 24 aromatic rings. The van der Waals surface area contributed by atoms with Crippen LogP contribution < -0.4 is 0 Å². The summed E-state index contributed by atoms with van der Waals surface area (Å²) in [6.45, 7) is 0. The summed E-state index contributed by atoms with van der Waals surface area (Å²) in [4.78, 5) is 61.1. The Morgan fingerprint density at radius 2 is 0.355 bits per heavy atom. The third-order valence-corrected chi connectivity index (χ3v) is 22.9. The fourth-order valence-electron chi connectivity index (χ4n) is 17.2. The molecule has 8 aromatic heterocycles. The highest BCUT2D eigenvalue weighted by molar-refractivity contribution is 6.18. The van der Waals surface area contributed by atoms with Gasteiger partial charge in [-0.25, -0.2) is 19.9 Å². The molecule has 0 aliphatic rings. The van der Waals surface area contributed by atoms with Crippen molar-refractivity contribution < 1.29 is 0 Å². The summed E-state index contributed by atoms with van der Waals surface area (Å²) in [5.41, 5.74) is 19.7. The highest BCUT2D eigenvalue weighted by Crippen LogP contribution is 2.44. The van der Waals surface area contributed by atoms with Gasteiger partial charge in [0.2, 0.25) is 23.8 Å². The minimum absolute atomic E-state index is 0.550. The third kappa shape index (κ3) is 12.9. The Hall–Kier alpha value is -17.2. The molecule has 0 bridgehead atoms. The number of para-hydroxylation sites is 4. The fourth-order valence-corrected chi connectivity index (χ4v) is 17.2. The van der Waals surface area contributed by atoms with Gasteiger partial charge >= 0.3 is 0 Å². The lowest BCUT2D eigenvalue weighted by Crippen LogP contribution is -2.06. The van der Waals surface area contributed by atoms with Crippen molar-refractivity contribution in [2.24, 2.45) is 0 Å². The molecule has 0 spiro atoms. The summed E-state index contributed by atoms with van der Waals surface area (Å²) in [7, 11) is 0. The van der Waals surface area contributed by atoms with Gasteiger partial charge in [-0.15, -0.1) is 0 Å². The van der Waals surface area contributed by atoms with E-state index in [-0.39, 0.29) is 0 Å². The van der Waals surface area contributed by atoms with Crippen LogP contribution in [0.2, 0.25) is 0 Å². The molecule has 0 atom stereocenters. The Labute approximate surface area is 710 Å². The Kier molecular flexibility index (Phi) is 17.8. The molecule has 0 saturated carbocycles. The van der Waals surface area contributed by atoms with E-state index in [1.807, 2.05) is 243 Å². The second-order valence-corrected chi connectivity index (χ2v) is 30.4. The van der Waals surface area contributed by atoms with Crippen LogP contribution in [0.25, 0.3) is 224 Å². The van der Waals surface area contributed by atoms with Crippen LogP contribution >= 0.6 is 0 Å². The van der Waals surface area contributed by atoms with E-state index in [2.05, 4.69) is 188 Å². The van der Waals surface area contributed by atoms with Crippen LogP contribution in [0.15, 0.2) is 413 Å². The van der Waals surface area contributed by atoms with Crippen molar-refractivity contribution in [1.29, 1.82) is 0 Å². The smallest absolute Gasteiger partial charge is 0.238 e. The summed E-state index contributed by atoms with van der Waals surface area (Å²) in [5.74, 6) is 7.12. The SMILES string of the molecule is c1ccc(-c2nc(-c3ccccc3)nc(-n3c4ccccc4c4cc(-c5ccc6c7ccccc7n(-c7nc(-c8ccccc8)nc(-c8ccccc8)n7)c6c5)ccc43)n2)cc1.c1ccc(-c2nc(-c3ccccc3)nc(-n3c4ccccc4c4ccc(-c5cccc6c5c5ccccc5n6-c5nc(-c6ccccc6)nc(-c6ccccc6)n5)cc43)n2)cc1. The molecule has 8 heterocycles. The summed E-state index contributed by atoms with van der Waals surface area (Å²) in [5, 5.41) is 8.86. The first-order valence-electron chi connectivity index (χ1n) is 41.1. The monoisotopic (exact) mass is 1590 g/mol. The molecular weight excluding hydrogens is 1520 g/mol. The lowest BCUT2D eigenvalue weighted by Gasteiger charge is -2.12. The third-order valence-electron chi connectivity index (χ3n) is 22.9. The van der Waals surface area contributed by atoms with Crippen molar-refractivity contribution in [3.8, 4) is 137 Å². The van der Waals surface area contributed by atoms with Gasteiger partial charge in [-0.1, -0.05) is 358 Å². The van der Waals surface area contributed by atoms with E-state index in [9.17, 15) is 0 Å². The molecule has 0 fully saturated rings. The summed E-state index contributed by atoms with van der Waals surface area (Å²) >= 11 is 0.